The van der Waals surface area contributed by atoms with Crippen LogP contribution in [0.4, 0.5) is 4.79 Å². The summed E-state index contributed by atoms with van der Waals surface area (Å²) in [4.78, 5) is 29.6. The van der Waals surface area contributed by atoms with Gasteiger partial charge in [0.1, 0.15) is 11.4 Å². The molecule has 2 aliphatic rings. The van der Waals surface area contributed by atoms with E-state index in [0.717, 1.165) is 0 Å². The van der Waals surface area contributed by atoms with Crippen LogP contribution in [0.2, 0.25) is 0 Å². The maximum atomic E-state index is 12.0. The second-order valence-corrected chi connectivity index (χ2v) is 7.66. The molecule has 2 unspecified atom stereocenters. The molecule has 0 aromatic carbocycles. The van der Waals surface area contributed by atoms with Crippen LogP contribution >= 0.6 is 0 Å². The van der Waals surface area contributed by atoms with Crippen molar-refractivity contribution in [2.45, 2.75) is 26.4 Å². The Labute approximate surface area is 147 Å². The lowest BCUT2D eigenvalue weighted by Gasteiger charge is -2.25. The maximum absolute atomic E-state index is 12.0. The first-order valence-electron chi connectivity index (χ1n) is 8.61. The molecule has 2 fully saturated rings. The van der Waals surface area contributed by atoms with E-state index in [2.05, 4.69) is 10.3 Å². The van der Waals surface area contributed by atoms with Crippen molar-refractivity contribution in [2.75, 3.05) is 26.2 Å². The Balaban J connectivity index is 1.33. The first-order chi connectivity index (χ1) is 11.8. The predicted octanol–water partition coefficient (Wildman–Crippen LogP) is 1.69. The highest BCUT2D eigenvalue weighted by Crippen LogP contribution is 2.51. The van der Waals surface area contributed by atoms with E-state index in [-0.39, 0.29) is 18.6 Å². The number of pyridine rings is 1. The first-order valence-corrected chi connectivity index (χ1v) is 8.61. The number of nitrogens with one attached hydrogen (secondary N) is 1. The summed E-state index contributed by atoms with van der Waals surface area (Å²) in [6, 6.07) is 3.52. The number of hydrogen-bond donors (Lipinski definition) is 1. The third-order valence-electron chi connectivity index (χ3n) is 4.56. The van der Waals surface area contributed by atoms with E-state index >= 15 is 0 Å². The number of ether oxygens (including phenoxy) is 2. The summed E-state index contributed by atoms with van der Waals surface area (Å²) in [5, 5.41) is 2.91. The normalized spacial score (nSPS) is 24.4. The molecule has 7 heteroatoms. The minimum absolute atomic E-state index is 0.0161. The zero-order chi connectivity index (χ0) is 18.0. The summed E-state index contributed by atoms with van der Waals surface area (Å²) in [6.45, 7) is 7.65. The maximum Gasteiger partial charge on any atom is 0.410 e. The lowest BCUT2D eigenvalue weighted by molar-refractivity contribution is -0.123. The number of hydrogen-bond acceptors (Lipinski definition) is 5. The highest BCUT2D eigenvalue weighted by Gasteiger charge is 2.56. The molecule has 0 bridgehead atoms. The number of carbonyl (C=O) groups excluding carboxylic acids is 2. The highest BCUT2D eigenvalue weighted by atomic mass is 16.6. The summed E-state index contributed by atoms with van der Waals surface area (Å²) >= 11 is 0. The molecule has 2 amide bonds. The van der Waals surface area contributed by atoms with E-state index in [1.807, 2.05) is 20.8 Å². The largest absolute Gasteiger partial charge is 0.482 e. The Hall–Kier alpha value is -2.31. The van der Waals surface area contributed by atoms with Crippen molar-refractivity contribution in [3.8, 4) is 5.75 Å². The van der Waals surface area contributed by atoms with E-state index in [4.69, 9.17) is 9.47 Å². The van der Waals surface area contributed by atoms with Gasteiger partial charge in [-0.25, -0.2) is 4.79 Å². The van der Waals surface area contributed by atoms with Gasteiger partial charge in [-0.15, -0.1) is 0 Å². The van der Waals surface area contributed by atoms with Crippen molar-refractivity contribution >= 4 is 12.0 Å². The highest BCUT2D eigenvalue weighted by molar-refractivity contribution is 5.77. The van der Waals surface area contributed by atoms with Crippen molar-refractivity contribution in [1.82, 2.24) is 15.2 Å². The van der Waals surface area contributed by atoms with Crippen LogP contribution in [-0.2, 0) is 9.53 Å². The van der Waals surface area contributed by atoms with E-state index in [1.165, 1.54) is 0 Å². The third kappa shape index (κ3) is 4.61. The standard InChI is InChI=1S/C18H25N3O4/c1-18(2,3)25-17(23)21-9-14-13(15(14)10-21)8-20-16(22)11-24-12-5-4-6-19-7-12/h4-7,13-15H,8-11H2,1-3H3,(H,20,22). The molecule has 0 spiro atoms. The van der Waals surface area contributed by atoms with Gasteiger partial charge in [-0.2, -0.15) is 0 Å². The molecule has 1 saturated heterocycles. The molecule has 1 aliphatic carbocycles. The van der Waals surface area contributed by atoms with Gasteiger partial charge in [-0.1, -0.05) is 0 Å². The van der Waals surface area contributed by atoms with E-state index < -0.39 is 5.60 Å². The zero-order valence-corrected chi connectivity index (χ0v) is 14.9. The van der Waals surface area contributed by atoms with Gasteiger partial charge in [0, 0.05) is 25.8 Å². The smallest absolute Gasteiger partial charge is 0.410 e. The van der Waals surface area contributed by atoms with Gasteiger partial charge in [0.2, 0.25) is 0 Å². The molecule has 3 rings (SSSR count). The van der Waals surface area contributed by atoms with Gasteiger partial charge in [-0.3, -0.25) is 9.78 Å². The number of fused-ring (bicyclic) bond motifs is 1. The Morgan fingerprint density at radius 3 is 2.64 bits per heavy atom. The number of rotatable bonds is 5. The molecule has 0 radical (unpaired) electrons. The minimum atomic E-state index is -0.467. The fourth-order valence-electron chi connectivity index (χ4n) is 3.29. The Morgan fingerprint density at radius 1 is 1.32 bits per heavy atom. The van der Waals surface area contributed by atoms with Crippen molar-refractivity contribution in [3.63, 3.8) is 0 Å². The van der Waals surface area contributed by atoms with E-state index in [9.17, 15) is 9.59 Å². The number of aromatic nitrogens is 1. The predicted molar refractivity (Wildman–Crippen MR) is 91.0 cm³/mol. The molecule has 2 heterocycles. The van der Waals surface area contributed by atoms with E-state index in [0.29, 0.717) is 43.1 Å². The van der Waals surface area contributed by atoms with Crippen LogP contribution in [0.3, 0.4) is 0 Å². The molecule has 25 heavy (non-hydrogen) atoms. The van der Waals surface area contributed by atoms with Gasteiger partial charge in [0.25, 0.3) is 5.91 Å². The second kappa shape index (κ2) is 6.90. The molecule has 7 nitrogen and oxygen atoms in total. The Morgan fingerprint density at radius 2 is 2.04 bits per heavy atom. The Bertz CT molecular complexity index is 617. The molecule has 2 atom stereocenters. The summed E-state index contributed by atoms with van der Waals surface area (Å²) in [6.07, 6.45) is 2.98. The number of likely N-dealkylation sites (tertiary alicyclic amines) is 1. The molecule has 136 valence electrons. The van der Waals surface area contributed by atoms with Crippen LogP contribution in [0.1, 0.15) is 20.8 Å². The molecular formula is C18H25N3O4. The molecular weight excluding hydrogens is 322 g/mol. The van der Waals surface area contributed by atoms with Gasteiger partial charge in [0.15, 0.2) is 6.61 Å². The van der Waals surface area contributed by atoms with Gasteiger partial charge in [-0.05, 0) is 50.7 Å². The third-order valence-corrected chi connectivity index (χ3v) is 4.56. The summed E-state index contributed by atoms with van der Waals surface area (Å²) in [5.41, 5.74) is -0.467. The van der Waals surface area contributed by atoms with Crippen molar-refractivity contribution in [3.05, 3.63) is 24.5 Å². The lowest BCUT2D eigenvalue weighted by Crippen LogP contribution is -2.38. The molecule has 1 N–H and O–H groups in total. The van der Waals surface area contributed by atoms with E-state index in [1.54, 1.807) is 29.4 Å². The number of piperidine rings is 1. The Kier molecular flexibility index (Phi) is 4.83. The molecule has 1 aromatic heterocycles. The summed E-state index contributed by atoms with van der Waals surface area (Å²) in [7, 11) is 0. The van der Waals surface area contributed by atoms with Gasteiger partial charge in [0.05, 0.1) is 6.20 Å². The van der Waals surface area contributed by atoms with Crippen LogP contribution in [0.5, 0.6) is 5.75 Å². The number of nitrogens with zero attached hydrogens (tertiary/aromatic N) is 2. The van der Waals surface area contributed by atoms with Gasteiger partial charge >= 0.3 is 6.09 Å². The SMILES string of the molecule is CC(C)(C)OC(=O)N1CC2C(CNC(=O)COc3cccnc3)C2C1. The fourth-order valence-corrected chi connectivity index (χ4v) is 3.29. The quantitative estimate of drug-likeness (QED) is 0.877. The van der Waals surface area contributed by atoms with Crippen LogP contribution in [0.15, 0.2) is 24.5 Å². The fraction of sp³-hybridized carbons (Fsp3) is 0.611. The van der Waals surface area contributed by atoms with Crippen molar-refractivity contribution in [2.24, 2.45) is 17.8 Å². The summed E-state index contributed by atoms with van der Waals surface area (Å²) in [5.74, 6) is 1.81. The zero-order valence-electron chi connectivity index (χ0n) is 14.9. The topological polar surface area (TPSA) is 80.8 Å². The van der Waals surface area contributed by atoms with Crippen LogP contribution < -0.4 is 10.1 Å². The second-order valence-electron chi connectivity index (χ2n) is 7.66. The van der Waals surface area contributed by atoms with Crippen molar-refractivity contribution in [1.29, 1.82) is 0 Å². The monoisotopic (exact) mass is 347 g/mol. The minimum Gasteiger partial charge on any atom is -0.482 e. The molecule has 1 aliphatic heterocycles. The number of amides is 2. The average molecular weight is 347 g/mol. The summed E-state index contributed by atoms with van der Waals surface area (Å²) < 4.78 is 10.8. The van der Waals surface area contributed by atoms with Crippen LogP contribution in [0.25, 0.3) is 0 Å². The van der Waals surface area contributed by atoms with Crippen LogP contribution in [-0.4, -0.2) is 53.7 Å². The average Bonchev–Trinajstić information content (AvgIpc) is 3.00. The lowest BCUT2D eigenvalue weighted by atomic mass is 10.2. The van der Waals surface area contributed by atoms with Crippen LogP contribution in [0, 0.1) is 17.8 Å². The molecule has 1 aromatic rings. The van der Waals surface area contributed by atoms with Crippen molar-refractivity contribution < 1.29 is 19.1 Å². The van der Waals surface area contributed by atoms with Gasteiger partial charge < -0.3 is 19.7 Å². The molecule has 1 saturated carbocycles. The first kappa shape index (κ1) is 17.5. The number of carbonyl (C=O) groups is 2.